The predicted octanol–water partition coefficient (Wildman–Crippen LogP) is 0.931. The molecule has 17 nitrogen and oxygen atoms in total. The van der Waals surface area contributed by atoms with Crippen molar-refractivity contribution in [2.45, 2.75) is 167 Å². The van der Waals surface area contributed by atoms with Crippen molar-refractivity contribution < 1.29 is 78.4 Å². The van der Waals surface area contributed by atoms with Crippen LogP contribution in [0.4, 0.5) is 0 Å². The van der Waals surface area contributed by atoms with E-state index in [0.717, 1.165) is 38.5 Å². The molecule has 4 rings (SSSR count). The number of fused-ring (bicyclic) bond motifs is 1. The average molecular weight is 840 g/mol. The maximum atomic E-state index is 13.4. The molecule has 8 unspecified atom stereocenters. The molecule has 324 valence electrons. The third-order valence-corrected chi connectivity index (χ3v) is 13.0. The molecule has 0 aliphatic carbocycles. The first-order valence-electron chi connectivity index (χ1n) is 19.3. The second kappa shape index (κ2) is 17.8. The normalized spacial score (nSPS) is 38.3. The SMILES string of the molecule is CC(=O)C(O)[C@H]1O[C@H](OCc2nc(C=C(C)C3CC4OC4CCCC(C)C(O)C(C)C(=O)C(C)(C)C(O)CC(=O)O3)cs2)[C@@](O)(C(C)=O)[C@](O)(C(C)=O)[C@@]1(O)C(C)=O. The fourth-order valence-corrected chi connectivity index (χ4v) is 8.70. The molecule has 13 atom stereocenters. The summed E-state index contributed by atoms with van der Waals surface area (Å²) in [6, 6.07) is 0. The Morgan fingerprint density at radius 3 is 2.14 bits per heavy atom. The van der Waals surface area contributed by atoms with Gasteiger partial charge in [-0.15, -0.1) is 11.3 Å². The number of hydrogen-bond donors (Lipinski definition) is 6. The van der Waals surface area contributed by atoms with Crippen LogP contribution in [-0.4, -0.2) is 136 Å². The molecule has 3 aliphatic rings. The van der Waals surface area contributed by atoms with Crippen LogP contribution in [0.3, 0.4) is 0 Å². The summed E-state index contributed by atoms with van der Waals surface area (Å²) < 4.78 is 23.0. The van der Waals surface area contributed by atoms with E-state index in [1.807, 2.05) is 6.92 Å². The van der Waals surface area contributed by atoms with Gasteiger partial charge in [0.05, 0.1) is 41.9 Å². The van der Waals surface area contributed by atoms with Gasteiger partial charge in [0.15, 0.2) is 35.0 Å². The van der Waals surface area contributed by atoms with Crippen LogP contribution < -0.4 is 0 Å². The van der Waals surface area contributed by atoms with Gasteiger partial charge >= 0.3 is 5.97 Å². The van der Waals surface area contributed by atoms with E-state index in [-0.39, 0.29) is 35.3 Å². The maximum absolute atomic E-state index is 13.4. The van der Waals surface area contributed by atoms with E-state index in [4.69, 9.17) is 18.9 Å². The Balaban J connectivity index is 1.59. The minimum atomic E-state index is -3.65. The quantitative estimate of drug-likeness (QED) is 0.141. The molecule has 4 heterocycles. The van der Waals surface area contributed by atoms with E-state index < -0.39 is 107 Å². The first kappa shape index (κ1) is 47.5. The van der Waals surface area contributed by atoms with Gasteiger partial charge < -0.3 is 49.6 Å². The Morgan fingerprint density at radius 2 is 1.57 bits per heavy atom. The molecule has 3 fully saturated rings. The van der Waals surface area contributed by atoms with Crippen LogP contribution >= 0.6 is 11.3 Å². The highest BCUT2D eigenvalue weighted by atomic mass is 32.1. The molecule has 3 aliphatic heterocycles. The van der Waals surface area contributed by atoms with Gasteiger partial charge in [0.1, 0.15) is 35.7 Å². The van der Waals surface area contributed by atoms with Gasteiger partial charge in [-0.1, -0.05) is 34.1 Å². The van der Waals surface area contributed by atoms with Crippen molar-refractivity contribution in [3.8, 4) is 0 Å². The van der Waals surface area contributed by atoms with E-state index in [1.54, 1.807) is 25.3 Å². The molecule has 0 aromatic carbocycles. The lowest BCUT2D eigenvalue weighted by Crippen LogP contribution is -2.87. The summed E-state index contributed by atoms with van der Waals surface area (Å²) in [6.07, 6.45) is -6.97. The average Bonchev–Trinajstić information content (AvgIpc) is 3.73. The molecule has 0 spiro atoms. The van der Waals surface area contributed by atoms with Gasteiger partial charge in [-0.25, -0.2) is 4.98 Å². The van der Waals surface area contributed by atoms with E-state index in [1.165, 1.54) is 13.8 Å². The standard InChI is InChI=1S/C40H57NO16S/c1-18-11-10-12-26-28(55-26)14-27(56-31(47)15-29(46)37(8,9)34(50)20(3)32(18)48)19(2)13-25-17-58-30(41-25)16-54-36-39(52,23(6)44)40(53,24(7)45)38(51,22(5)43)35(57-36)33(49)21(4)42/h13,17-18,20,26-29,32-33,35-36,46,48-49,51-53H,10-12,14-16H2,1-9H3/t18?,20?,26?,27?,28?,29?,32?,33?,35-,36+,38-,39+,40+/m1/s1. The zero-order valence-electron chi connectivity index (χ0n) is 34.3. The summed E-state index contributed by atoms with van der Waals surface area (Å²) in [5.41, 5.74) is -11.0. The number of epoxide rings is 1. The first-order chi connectivity index (χ1) is 26.8. The van der Waals surface area contributed by atoms with Gasteiger partial charge in [-0.2, -0.15) is 0 Å². The second-order valence-corrected chi connectivity index (χ2v) is 17.6. The summed E-state index contributed by atoms with van der Waals surface area (Å²) in [7, 11) is 0. The largest absolute Gasteiger partial charge is 0.458 e. The molecule has 58 heavy (non-hydrogen) atoms. The zero-order chi connectivity index (χ0) is 43.9. The number of nitrogens with zero attached hydrogens (tertiary/aromatic N) is 1. The summed E-state index contributed by atoms with van der Waals surface area (Å²) in [4.78, 5) is 82.3. The highest BCUT2D eigenvalue weighted by Gasteiger charge is 2.79. The van der Waals surface area contributed by atoms with Crippen LogP contribution in [0.25, 0.3) is 6.08 Å². The second-order valence-electron chi connectivity index (χ2n) is 16.6. The molecule has 3 saturated heterocycles. The number of Topliss-reactive ketones (excluding diaryl/α,β-unsaturated/α-hetero) is 5. The summed E-state index contributed by atoms with van der Waals surface area (Å²) in [5, 5.41) is 69.4. The maximum Gasteiger partial charge on any atom is 0.309 e. The lowest BCUT2D eigenvalue weighted by Gasteiger charge is -2.57. The molecular formula is C40H57NO16S. The Labute approximate surface area is 340 Å². The summed E-state index contributed by atoms with van der Waals surface area (Å²) in [5.74, 6) is -7.33. The van der Waals surface area contributed by atoms with Gasteiger partial charge in [-0.05, 0) is 65.0 Å². The Kier molecular flexibility index (Phi) is 14.6. The van der Waals surface area contributed by atoms with Crippen molar-refractivity contribution in [3.63, 3.8) is 0 Å². The smallest absolute Gasteiger partial charge is 0.309 e. The van der Waals surface area contributed by atoms with E-state index in [2.05, 4.69) is 4.98 Å². The molecular weight excluding hydrogens is 782 g/mol. The summed E-state index contributed by atoms with van der Waals surface area (Å²) in [6.45, 7) is 10.8. The van der Waals surface area contributed by atoms with Crippen LogP contribution in [0.5, 0.6) is 0 Å². The van der Waals surface area contributed by atoms with Crippen LogP contribution in [0.15, 0.2) is 11.0 Å². The lowest BCUT2D eigenvalue weighted by atomic mass is 9.60. The number of aromatic nitrogens is 1. The van der Waals surface area contributed by atoms with Crippen molar-refractivity contribution >= 4 is 52.3 Å². The van der Waals surface area contributed by atoms with E-state index >= 15 is 0 Å². The molecule has 0 saturated carbocycles. The van der Waals surface area contributed by atoms with E-state index in [9.17, 15) is 59.4 Å². The number of cyclic esters (lactones) is 1. The van der Waals surface area contributed by atoms with Crippen LogP contribution in [-0.2, 0) is 54.3 Å². The third-order valence-electron chi connectivity index (χ3n) is 12.1. The van der Waals surface area contributed by atoms with Crippen molar-refractivity contribution in [1.29, 1.82) is 0 Å². The number of carbonyl (C=O) groups is 6. The van der Waals surface area contributed by atoms with Gasteiger partial charge in [0.2, 0.25) is 11.2 Å². The van der Waals surface area contributed by atoms with E-state index in [0.29, 0.717) is 31.0 Å². The van der Waals surface area contributed by atoms with Gasteiger partial charge in [0.25, 0.3) is 0 Å². The number of rotatable bonds is 10. The van der Waals surface area contributed by atoms with Crippen molar-refractivity contribution in [2.75, 3.05) is 0 Å². The van der Waals surface area contributed by atoms with Crippen molar-refractivity contribution in [1.82, 2.24) is 4.98 Å². The van der Waals surface area contributed by atoms with Crippen LogP contribution in [0, 0.1) is 17.3 Å². The molecule has 1 aromatic rings. The molecule has 0 amide bonds. The molecule has 6 N–H and O–H groups in total. The topological polar surface area (TPSA) is 277 Å². The fraction of sp³-hybridized carbons (Fsp3) is 0.725. The fourth-order valence-electron chi connectivity index (χ4n) is 8.03. The number of aliphatic hydroxyl groups excluding tert-OH is 3. The van der Waals surface area contributed by atoms with Crippen LogP contribution in [0.1, 0.15) is 105 Å². The zero-order valence-corrected chi connectivity index (χ0v) is 35.1. The minimum absolute atomic E-state index is 0.100. The number of carbonyl (C=O) groups excluding carboxylic acids is 6. The number of esters is 1. The molecule has 18 heteroatoms. The molecule has 0 radical (unpaired) electrons. The number of ketones is 5. The number of thiazole rings is 1. The lowest BCUT2D eigenvalue weighted by molar-refractivity contribution is -0.374. The Bertz CT molecular complexity index is 1790. The monoisotopic (exact) mass is 839 g/mol. The Morgan fingerprint density at radius 1 is 0.948 bits per heavy atom. The van der Waals surface area contributed by atoms with Gasteiger partial charge in [0, 0.05) is 17.7 Å². The van der Waals surface area contributed by atoms with Gasteiger partial charge in [-0.3, -0.25) is 28.8 Å². The number of ether oxygens (including phenoxy) is 4. The molecule has 0 bridgehead atoms. The van der Waals surface area contributed by atoms with Crippen LogP contribution in [0.2, 0.25) is 0 Å². The number of aliphatic hydroxyl groups is 6. The summed E-state index contributed by atoms with van der Waals surface area (Å²) >= 11 is 1.04. The highest BCUT2D eigenvalue weighted by molar-refractivity contribution is 7.09. The minimum Gasteiger partial charge on any atom is -0.458 e. The van der Waals surface area contributed by atoms with Crippen molar-refractivity contribution in [2.24, 2.45) is 17.3 Å². The molecule has 1 aromatic heterocycles. The highest BCUT2D eigenvalue weighted by Crippen LogP contribution is 2.48. The predicted molar refractivity (Wildman–Crippen MR) is 204 cm³/mol. The van der Waals surface area contributed by atoms with Crippen molar-refractivity contribution in [3.05, 3.63) is 21.7 Å². The number of hydrogen-bond acceptors (Lipinski definition) is 18. The Hall–Kier alpha value is -3.17. The third kappa shape index (κ3) is 8.82. The first-order valence-corrected chi connectivity index (χ1v) is 20.2.